The highest BCUT2D eigenvalue weighted by molar-refractivity contribution is 9.09. The van der Waals surface area contributed by atoms with Gasteiger partial charge in [0, 0.05) is 6.54 Å². The number of halogens is 1. The number of hydrogen-bond donors (Lipinski definition) is 0. The molecule has 1 aliphatic rings. The molecule has 3 heteroatoms. The lowest BCUT2D eigenvalue weighted by atomic mass is 10.4. The molecule has 44 valence electrons. The molecular weight excluding hydrogens is 168 g/mol. The zero-order valence-electron chi connectivity index (χ0n) is 4.47. The van der Waals surface area contributed by atoms with Crippen LogP contribution in [0, 0.1) is 11.5 Å². The second-order valence-electron chi connectivity index (χ2n) is 1.87. The van der Waals surface area contributed by atoms with Gasteiger partial charge in [0.1, 0.15) is 0 Å². The van der Waals surface area contributed by atoms with E-state index in [1.165, 1.54) is 0 Å². The highest BCUT2D eigenvalue weighted by Gasteiger charge is 2.19. The number of alkyl halides is 1. The summed E-state index contributed by atoms with van der Waals surface area (Å²) in [6.45, 7) is 0.923. The van der Waals surface area contributed by atoms with Gasteiger partial charge in [0.2, 0.25) is 0 Å². The Morgan fingerprint density at radius 3 is 2.75 bits per heavy atom. The SMILES string of the molecule is N#CN1CCCC1Br. The zero-order chi connectivity index (χ0) is 5.98. The third kappa shape index (κ3) is 0.948. The number of likely N-dealkylation sites (tertiary alicyclic amines) is 1. The molecule has 0 spiro atoms. The first-order chi connectivity index (χ1) is 3.84. The van der Waals surface area contributed by atoms with Crippen LogP contribution in [0.2, 0.25) is 0 Å². The van der Waals surface area contributed by atoms with Crippen molar-refractivity contribution in [3.63, 3.8) is 0 Å². The number of rotatable bonds is 0. The van der Waals surface area contributed by atoms with Gasteiger partial charge in [-0.2, -0.15) is 5.26 Å². The van der Waals surface area contributed by atoms with Crippen molar-refractivity contribution in [2.45, 2.75) is 17.8 Å². The van der Waals surface area contributed by atoms with Crippen LogP contribution in [0.25, 0.3) is 0 Å². The van der Waals surface area contributed by atoms with Gasteiger partial charge in [0.05, 0.1) is 4.95 Å². The van der Waals surface area contributed by atoms with Crippen LogP contribution in [0.15, 0.2) is 0 Å². The second-order valence-corrected chi connectivity index (χ2v) is 2.93. The molecule has 0 bridgehead atoms. The topological polar surface area (TPSA) is 27.0 Å². The Morgan fingerprint density at radius 1 is 1.75 bits per heavy atom. The molecule has 0 aromatic carbocycles. The van der Waals surface area contributed by atoms with Crippen LogP contribution in [0.5, 0.6) is 0 Å². The minimum Gasteiger partial charge on any atom is -0.297 e. The molecular formula is C5H7BrN2. The summed E-state index contributed by atoms with van der Waals surface area (Å²) in [6, 6.07) is 0. The zero-order valence-corrected chi connectivity index (χ0v) is 6.06. The van der Waals surface area contributed by atoms with E-state index >= 15 is 0 Å². The van der Waals surface area contributed by atoms with E-state index in [0.717, 1.165) is 19.4 Å². The number of hydrogen-bond acceptors (Lipinski definition) is 2. The standard InChI is InChI=1S/C5H7BrN2/c6-5-2-1-3-8(5)4-7/h5H,1-3H2. The van der Waals surface area contributed by atoms with Gasteiger partial charge in [0.25, 0.3) is 0 Å². The second kappa shape index (κ2) is 2.36. The average Bonchev–Trinajstić information content (AvgIpc) is 2.14. The highest BCUT2D eigenvalue weighted by atomic mass is 79.9. The van der Waals surface area contributed by atoms with Crippen molar-refractivity contribution in [3.05, 3.63) is 0 Å². The fraction of sp³-hybridized carbons (Fsp3) is 0.800. The minimum absolute atomic E-state index is 0.312. The molecule has 1 aliphatic heterocycles. The fourth-order valence-electron chi connectivity index (χ4n) is 0.839. The van der Waals surface area contributed by atoms with Crippen molar-refractivity contribution >= 4 is 15.9 Å². The summed E-state index contributed by atoms with van der Waals surface area (Å²) in [5.74, 6) is 0. The van der Waals surface area contributed by atoms with Gasteiger partial charge in [-0.05, 0) is 12.8 Å². The fourth-order valence-corrected chi connectivity index (χ4v) is 1.46. The Morgan fingerprint density at radius 2 is 2.50 bits per heavy atom. The van der Waals surface area contributed by atoms with Crippen LogP contribution in [0.3, 0.4) is 0 Å². The summed E-state index contributed by atoms with van der Waals surface area (Å²) < 4.78 is 0. The van der Waals surface area contributed by atoms with E-state index in [1.54, 1.807) is 4.90 Å². The summed E-state index contributed by atoms with van der Waals surface area (Å²) in [5.41, 5.74) is 0. The van der Waals surface area contributed by atoms with Gasteiger partial charge in [-0.1, -0.05) is 15.9 Å². The molecule has 1 atom stereocenters. The summed E-state index contributed by atoms with van der Waals surface area (Å²) in [6.07, 6.45) is 4.35. The van der Waals surface area contributed by atoms with Crippen LogP contribution in [-0.2, 0) is 0 Å². The molecule has 0 aromatic rings. The monoisotopic (exact) mass is 174 g/mol. The Labute approximate surface area is 57.2 Å². The van der Waals surface area contributed by atoms with Gasteiger partial charge < -0.3 is 0 Å². The smallest absolute Gasteiger partial charge is 0.180 e. The molecule has 0 radical (unpaired) electrons. The van der Waals surface area contributed by atoms with Crippen molar-refractivity contribution in [2.75, 3.05) is 6.54 Å². The van der Waals surface area contributed by atoms with Crippen LogP contribution in [0.4, 0.5) is 0 Å². The van der Waals surface area contributed by atoms with Gasteiger partial charge >= 0.3 is 0 Å². The van der Waals surface area contributed by atoms with E-state index in [9.17, 15) is 0 Å². The molecule has 8 heavy (non-hydrogen) atoms. The largest absolute Gasteiger partial charge is 0.297 e. The molecule has 0 N–H and O–H groups in total. The predicted octanol–water partition coefficient (Wildman–Crippen LogP) is 1.28. The predicted molar refractivity (Wildman–Crippen MR) is 34.3 cm³/mol. The molecule has 0 aliphatic carbocycles. The highest BCUT2D eigenvalue weighted by Crippen LogP contribution is 2.20. The van der Waals surface area contributed by atoms with Crippen molar-refractivity contribution in [3.8, 4) is 6.19 Å². The van der Waals surface area contributed by atoms with E-state index < -0.39 is 0 Å². The first kappa shape index (κ1) is 5.90. The third-order valence-electron chi connectivity index (χ3n) is 1.31. The molecule has 2 nitrogen and oxygen atoms in total. The van der Waals surface area contributed by atoms with E-state index in [4.69, 9.17) is 5.26 Å². The molecule has 1 unspecified atom stereocenters. The molecule has 1 saturated heterocycles. The molecule has 0 saturated carbocycles. The van der Waals surface area contributed by atoms with Crippen LogP contribution in [-0.4, -0.2) is 16.4 Å². The van der Waals surface area contributed by atoms with Gasteiger partial charge in [-0.15, -0.1) is 0 Å². The van der Waals surface area contributed by atoms with E-state index in [-0.39, 0.29) is 0 Å². The first-order valence-electron chi connectivity index (χ1n) is 2.65. The summed E-state index contributed by atoms with van der Waals surface area (Å²) in [4.78, 5) is 2.06. The third-order valence-corrected chi connectivity index (χ3v) is 2.26. The van der Waals surface area contributed by atoms with Gasteiger partial charge in [-0.3, -0.25) is 4.90 Å². The first-order valence-corrected chi connectivity index (χ1v) is 3.56. The maximum Gasteiger partial charge on any atom is 0.180 e. The maximum absolute atomic E-state index is 8.38. The number of nitriles is 1. The molecule has 1 fully saturated rings. The van der Waals surface area contributed by atoms with E-state index in [1.807, 2.05) is 0 Å². The molecule has 0 amide bonds. The normalized spacial score (nSPS) is 28.0. The molecule has 0 aromatic heterocycles. The Balaban J connectivity index is 2.45. The summed E-state index contributed by atoms with van der Waals surface area (Å²) >= 11 is 3.37. The van der Waals surface area contributed by atoms with Crippen molar-refractivity contribution in [2.24, 2.45) is 0 Å². The number of nitrogens with zero attached hydrogens (tertiary/aromatic N) is 2. The van der Waals surface area contributed by atoms with Crippen molar-refractivity contribution in [1.82, 2.24) is 4.90 Å². The van der Waals surface area contributed by atoms with Gasteiger partial charge in [-0.25, -0.2) is 0 Å². The van der Waals surface area contributed by atoms with E-state index in [0.29, 0.717) is 4.95 Å². The lowest BCUT2D eigenvalue weighted by Gasteiger charge is -2.08. The summed E-state index contributed by atoms with van der Waals surface area (Å²) in [7, 11) is 0. The lowest BCUT2D eigenvalue weighted by Crippen LogP contribution is -2.17. The van der Waals surface area contributed by atoms with Crippen LogP contribution in [0.1, 0.15) is 12.8 Å². The van der Waals surface area contributed by atoms with Crippen molar-refractivity contribution in [1.29, 1.82) is 5.26 Å². The van der Waals surface area contributed by atoms with E-state index in [2.05, 4.69) is 22.1 Å². The average molecular weight is 175 g/mol. The molecule has 1 rings (SSSR count). The lowest BCUT2D eigenvalue weighted by molar-refractivity contribution is 0.464. The Bertz CT molecular complexity index is 118. The van der Waals surface area contributed by atoms with Crippen LogP contribution >= 0.6 is 15.9 Å². The van der Waals surface area contributed by atoms with Crippen molar-refractivity contribution < 1.29 is 0 Å². The Kier molecular flexibility index (Phi) is 1.74. The van der Waals surface area contributed by atoms with Gasteiger partial charge in [0.15, 0.2) is 6.19 Å². The maximum atomic E-state index is 8.38. The quantitative estimate of drug-likeness (QED) is 0.315. The minimum atomic E-state index is 0.312. The Hall–Kier alpha value is -0.230. The summed E-state index contributed by atoms with van der Waals surface area (Å²) in [5, 5.41) is 8.38. The molecule has 1 heterocycles. The van der Waals surface area contributed by atoms with Crippen LogP contribution < -0.4 is 0 Å².